The average Bonchev–Trinajstić information content (AvgIpc) is 2.62. The quantitative estimate of drug-likeness (QED) is 0.324. The van der Waals surface area contributed by atoms with Crippen molar-refractivity contribution in [2.24, 2.45) is 4.99 Å². The van der Waals surface area contributed by atoms with Gasteiger partial charge in [0.15, 0.2) is 0 Å². The second-order valence-electron chi connectivity index (χ2n) is 6.12. The van der Waals surface area contributed by atoms with Crippen LogP contribution in [0.3, 0.4) is 0 Å². The standard InChI is InChI=1S/C20H29NO4/c1-25-20(24)18-13-11-17(12-14-18)16-21-15-9-7-5-3-2-4-6-8-10-19(22)23/h11-14,16H,2-10,15H2,1H3,(H,22,23). The number of unbranched alkanes of at least 4 members (excludes halogenated alkanes) is 7. The van der Waals surface area contributed by atoms with Gasteiger partial charge in [-0.2, -0.15) is 0 Å². The normalized spacial score (nSPS) is 10.9. The zero-order chi connectivity index (χ0) is 18.3. The third kappa shape index (κ3) is 10.3. The third-order valence-electron chi connectivity index (χ3n) is 4.00. The molecule has 0 amide bonds. The number of benzene rings is 1. The monoisotopic (exact) mass is 347 g/mol. The van der Waals surface area contributed by atoms with Crippen molar-refractivity contribution in [2.75, 3.05) is 13.7 Å². The minimum absolute atomic E-state index is 0.295. The number of carboxylic acids is 1. The maximum absolute atomic E-state index is 11.3. The first-order valence-corrected chi connectivity index (χ1v) is 9.03. The van der Waals surface area contributed by atoms with Crippen LogP contribution in [0.5, 0.6) is 0 Å². The van der Waals surface area contributed by atoms with E-state index in [0.29, 0.717) is 12.0 Å². The lowest BCUT2D eigenvalue weighted by molar-refractivity contribution is -0.137. The van der Waals surface area contributed by atoms with Gasteiger partial charge in [0.25, 0.3) is 0 Å². The molecule has 0 aliphatic heterocycles. The number of carboxylic acid groups (broad SMARTS) is 1. The number of rotatable bonds is 13. The van der Waals surface area contributed by atoms with Crippen molar-refractivity contribution in [1.82, 2.24) is 0 Å². The highest BCUT2D eigenvalue weighted by Gasteiger charge is 2.03. The zero-order valence-electron chi connectivity index (χ0n) is 15.1. The molecule has 5 heteroatoms. The number of hydrogen-bond donors (Lipinski definition) is 1. The lowest BCUT2D eigenvalue weighted by atomic mass is 10.1. The van der Waals surface area contributed by atoms with E-state index >= 15 is 0 Å². The first-order chi connectivity index (χ1) is 12.1. The molecular weight excluding hydrogens is 318 g/mol. The molecule has 1 aromatic rings. The van der Waals surface area contributed by atoms with Crippen molar-refractivity contribution in [2.45, 2.75) is 57.8 Å². The van der Waals surface area contributed by atoms with Gasteiger partial charge < -0.3 is 9.84 Å². The van der Waals surface area contributed by atoms with E-state index in [9.17, 15) is 9.59 Å². The van der Waals surface area contributed by atoms with Crippen molar-refractivity contribution in [3.8, 4) is 0 Å². The molecule has 0 spiro atoms. The largest absolute Gasteiger partial charge is 0.481 e. The Hall–Kier alpha value is -2.17. The average molecular weight is 347 g/mol. The highest BCUT2D eigenvalue weighted by Crippen LogP contribution is 2.10. The first kappa shape index (κ1) is 20.9. The second kappa shape index (κ2) is 13.2. The molecule has 5 nitrogen and oxygen atoms in total. The highest BCUT2D eigenvalue weighted by atomic mass is 16.5. The molecule has 0 aromatic heterocycles. The molecule has 0 unspecified atom stereocenters. The summed E-state index contributed by atoms with van der Waals surface area (Å²) < 4.78 is 4.66. The number of esters is 1. The Morgan fingerprint density at radius 3 is 2.08 bits per heavy atom. The predicted molar refractivity (Wildman–Crippen MR) is 99.4 cm³/mol. The van der Waals surface area contributed by atoms with Crippen molar-refractivity contribution < 1.29 is 19.4 Å². The predicted octanol–water partition coefficient (Wildman–Crippen LogP) is 4.49. The number of aliphatic imine (C=N–C) groups is 1. The fourth-order valence-electron chi connectivity index (χ4n) is 2.53. The number of hydrogen-bond acceptors (Lipinski definition) is 4. The van der Waals surface area contributed by atoms with Crippen LogP contribution in [0.2, 0.25) is 0 Å². The fourth-order valence-corrected chi connectivity index (χ4v) is 2.53. The molecule has 25 heavy (non-hydrogen) atoms. The van der Waals surface area contributed by atoms with Gasteiger partial charge in [0.05, 0.1) is 12.7 Å². The molecule has 0 saturated heterocycles. The number of nitrogens with zero attached hydrogens (tertiary/aromatic N) is 1. The molecule has 0 aliphatic carbocycles. The molecular formula is C20H29NO4. The molecule has 138 valence electrons. The molecule has 1 N–H and O–H groups in total. The number of methoxy groups -OCH3 is 1. The van der Waals surface area contributed by atoms with Crippen LogP contribution in [-0.2, 0) is 9.53 Å². The number of ether oxygens (including phenoxy) is 1. The number of carbonyl (C=O) groups is 2. The van der Waals surface area contributed by atoms with Crippen molar-refractivity contribution >= 4 is 18.2 Å². The van der Waals surface area contributed by atoms with E-state index < -0.39 is 5.97 Å². The summed E-state index contributed by atoms with van der Waals surface area (Å²) in [6, 6.07) is 7.20. The van der Waals surface area contributed by atoms with Gasteiger partial charge in [-0.1, -0.05) is 50.7 Å². The van der Waals surface area contributed by atoms with Gasteiger partial charge in [-0.25, -0.2) is 4.79 Å². The topological polar surface area (TPSA) is 76.0 Å². The maximum atomic E-state index is 11.3. The fraction of sp³-hybridized carbons (Fsp3) is 0.550. The van der Waals surface area contributed by atoms with Gasteiger partial charge in [-0.3, -0.25) is 9.79 Å². The zero-order valence-corrected chi connectivity index (χ0v) is 15.1. The van der Waals surface area contributed by atoms with E-state index in [4.69, 9.17) is 5.11 Å². The number of aliphatic carboxylic acids is 1. The van der Waals surface area contributed by atoms with Crippen LogP contribution in [-0.4, -0.2) is 36.9 Å². The molecule has 0 fully saturated rings. The van der Waals surface area contributed by atoms with E-state index in [1.165, 1.54) is 32.8 Å². The Kier molecular flexibility index (Phi) is 11.0. The molecule has 1 rings (SSSR count). The van der Waals surface area contributed by atoms with Gasteiger partial charge in [-0.15, -0.1) is 0 Å². The van der Waals surface area contributed by atoms with Crippen molar-refractivity contribution in [3.63, 3.8) is 0 Å². The minimum atomic E-state index is -0.694. The highest BCUT2D eigenvalue weighted by molar-refractivity contribution is 5.90. The van der Waals surface area contributed by atoms with E-state index in [1.54, 1.807) is 12.1 Å². The third-order valence-corrected chi connectivity index (χ3v) is 4.00. The van der Waals surface area contributed by atoms with E-state index in [-0.39, 0.29) is 5.97 Å². The lowest BCUT2D eigenvalue weighted by Gasteiger charge is -2.01. The summed E-state index contributed by atoms with van der Waals surface area (Å²) in [5.74, 6) is -1.02. The Labute approximate surface area is 150 Å². The van der Waals surface area contributed by atoms with Crippen LogP contribution in [0.1, 0.15) is 73.7 Å². The second-order valence-corrected chi connectivity index (χ2v) is 6.12. The molecule has 0 bridgehead atoms. The maximum Gasteiger partial charge on any atom is 0.337 e. The van der Waals surface area contributed by atoms with E-state index in [2.05, 4.69) is 9.73 Å². The van der Waals surface area contributed by atoms with Gasteiger partial charge in [0.2, 0.25) is 0 Å². The minimum Gasteiger partial charge on any atom is -0.481 e. The first-order valence-electron chi connectivity index (χ1n) is 9.03. The van der Waals surface area contributed by atoms with Gasteiger partial charge in [0, 0.05) is 19.2 Å². The Morgan fingerprint density at radius 1 is 0.960 bits per heavy atom. The molecule has 0 atom stereocenters. The summed E-state index contributed by atoms with van der Waals surface area (Å²) in [5, 5.41) is 8.54. The van der Waals surface area contributed by atoms with Crippen LogP contribution in [0.25, 0.3) is 0 Å². The van der Waals surface area contributed by atoms with Crippen LogP contribution in [0, 0.1) is 0 Å². The van der Waals surface area contributed by atoms with E-state index in [0.717, 1.165) is 37.8 Å². The SMILES string of the molecule is COC(=O)c1ccc(C=NCCCCCCCCCCC(=O)O)cc1. The Morgan fingerprint density at radius 2 is 1.52 bits per heavy atom. The van der Waals surface area contributed by atoms with E-state index in [1.807, 2.05) is 18.3 Å². The van der Waals surface area contributed by atoms with Gasteiger partial charge in [-0.05, 0) is 30.5 Å². The lowest BCUT2D eigenvalue weighted by Crippen LogP contribution is -2.00. The van der Waals surface area contributed by atoms with Crippen LogP contribution in [0.15, 0.2) is 29.3 Å². The summed E-state index contributed by atoms with van der Waals surface area (Å²) in [4.78, 5) is 26.1. The summed E-state index contributed by atoms with van der Waals surface area (Å²) in [5.41, 5.74) is 1.52. The molecule has 0 heterocycles. The van der Waals surface area contributed by atoms with Crippen molar-refractivity contribution in [1.29, 1.82) is 0 Å². The summed E-state index contributed by atoms with van der Waals surface area (Å²) >= 11 is 0. The van der Waals surface area contributed by atoms with Gasteiger partial charge >= 0.3 is 11.9 Å². The molecule has 0 aliphatic rings. The van der Waals surface area contributed by atoms with Gasteiger partial charge in [0.1, 0.15) is 0 Å². The molecule has 0 saturated carbocycles. The molecule has 0 radical (unpaired) electrons. The van der Waals surface area contributed by atoms with Crippen LogP contribution < -0.4 is 0 Å². The summed E-state index contributed by atoms with van der Waals surface area (Å²) in [7, 11) is 1.37. The van der Waals surface area contributed by atoms with Crippen LogP contribution >= 0.6 is 0 Å². The molecule has 1 aromatic carbocycles. The van der Waals surface area contributed by atoms with Crippen molar-refractivity contribution in [3.05, 3.63) is 35.4 Å². The Balaban J connectivity index is 2.01. The number of carbonyl (C=O) groups excluding carboxylic acids is 1. The summed E-state index contributed by atoms with van der Waals surface area (Å²) in [6.45, 7) is 0.817. The van der Waals surface area contributed by atoms with Crippen LogP contribution in [0.4, 0.5) is 0 Å². The smallest absolute Gasteiger partial charge is 0.337 e. The Bertz CT molecular complexity index is 537. The summed E-state index contributed by atoms with van der Waals surface area (Å²) in [6.07, 6.45) is 10.9.